The predicted octanol–water partition coefficient (Wildman–Crippen LogP) is -1.22. The Hall–Kier alpha value is -3.24. The molecule has 0 bridgehead atoms. The summed E-state index contributed by atoms with van der Waals surface area (Å²) in [4.78, 5) is 74.3. The largest absolute Gasteiger partial charge is 0.384 e. The highest BCUT2D eigenvalue weighted by Crippen LogP contribution is 2.14. The van der Waals surface area contributed by atoms with E-state index in [1.807, 2.05) is 13.8 Å². The first kappa shape index (κ1) is 20.1. The number of urea groups is 1. The zero-order chi connectivity index (χ0) is 20.6. The number of carbonyl (C=O) groups excluding carboxylic acids is 4. The van der Waals surface area contributed by atoms with Crippen LogP contribution < -0.4 is 17.0 Å². The molecule has 0 aromatic carbocycles. The second-order valence-corrected chi connectivity index (χ2v) is 6.56. The van der Waals surface area contributed by atoms with Gasteiger partial charge in [-0.1, -0.05) is 13.8 Å². The molecule has 0 radical (unpaired) electrons. The molecule has 1 aliphatic heterocycles. The molecule has 1 aromatic rings. The van der Waals surface area contributed by atoms with E-state index in [9.17, 15) is 28.8 Å². The lowest BCUT2D eigenvalue weighted by atomic mass is 10.1. The molecule has 0 unspecified atom stereocenters. The van der Waals surface area contributed by atoms with Crippen LogP contribution in [0.5, 0.6) is 0 Å². The van der Waals surface area contributed by atoms with Crippen LogP contribution in [-0.4, -0.2) is 55.7 Å². The number of carbonyl (C=O) groups is 4. The molecule has 11 nitrogen and oxygen atoms in total. The van der Waals surface area contributed by atoms with E-state index >= 15 is 0 Å². The van der Waals surface area contributed by atoms with Crippen molar-refractivity contribution >= 4 is 29.4 Å². The maximum Gasteiger partial charge on any atom is 0.334 e. The average Bonchev–Trinajstić information content (AvgIpc) is 2.80. The highest BCUT2D eigenvalue weighted by molar-refractivity contribution is 6.45. The number of nitrogens with zero attached hydrogens (tertiary/aromatic N) is 4. The maximum absolute atomic E-state index is 12.7. The third kappa shape index (κ3) is 3.27. The lowest BCUT2D eigenvalue weighted by Crippen LogP contribution is -2.45. The van der Waals surface area contributed by atoms with Gasteiger partial charge in [-0.3, -0.25) is 33.2 Å². The van der Waals surface area contributed by atoms with Crippen molar-refractivity contribution in [1.29, 1.82) is 0 Å². The van der Waals surface area contributed by atoms with Crippen molar-refractivity contribution in [2.24, 2.45) is 13.0 Å². The molecule has 146 valence electrons. The van der Waals surface area contributed by atoms with Gasteiger partial charge in [0.05, 0.1) is 6.54 Å². The molecule has 2 N–H and O–H groups in total. The van der Waals surface area contributed by atoms with Crippen molar-refractivity contribution < 1.29 is 19.2 Å². The third-order valence-corrected chi connectivity index (χ3v) is 4.16. The minimum absolute atomic E-state index is 0.00271. The summed E-state index contributed by atoms with van der Waals surface area (Å²) in [6, 6.07) is -0.938. The van der Waals surface area contributed by atoms with Gasteiger partial charge in [0, 0.05) is 20.1 Å². The first-order valence-corrected chi connectivity index (χ1v) is 8.32. The number of ketones is 1. The molecule has 4 amide bonds. The molecule has 1 saturated heterocycles. The number of hydrogen-bond acceptors (Lipinski definition) is 7. The quantitative estimate of drug-likeness (QED) is 0.370. The Labute approximate surface area is 153 Å². The minimum Gasteiger partial charge on any atom is -0.384 e. The van der Waals surface area contributed by atoms with Gasteiger partial charge in [-0.05, 0) is 12.8 Å². The summed E-state index contributed by atoms with van der Waals surface area (Å²) in [5.41, 5.74) is 3.78. The molecule has 1 fully saturated rings. The van der Waals surface area contributed by atoms with Crippen LogP contribution in [0.1, 0.15) is 31.1 Å². The van der Waals surface area contributed by atoms with Crippen LogP contribution in [0.15, 0.2) is 9.59 Å². The first-order valence-electron chi connectivity index (χ1n) is 8.32. The number of imide groups is 2. The summed E-state index contributed by atoms with van der Waals surface area (Å²) in [5, 5.41) is 0. The molecule has 0 saturated carbocycles. The lowest BCUT2D eigenvalue weighted by Gasteiger charge is -2.17. The average molecular weight is 379 g/mol. The van der Waals surface area contributed by atoms with E-state index in [1.54, 1.807) is 0 Å². The summed E-state index contributed by atoms with van der Waals surface area (Å²) in [6.45, 7) is 4.47. The first-order chi connectivity index (χ1) is 12.5. The number of nitrogens with two attached hydrogens (primary N) is 1. The van der Waals surface area contributed by atoms with Gasteiger partial charge in [0.15, 0.2) is 5.78 Å². The van der Waals surface area contributed by atoms with Crippen molar-refractivity contribution in [2.45, 2.75) is 27.3 Å². The Kier molecular flexibility index (Phi) is 5.33. The summed E-state index contributed by atoms with van der Waals surface area (Å²) < 4.78 is 1.83. The Morgan fingerprint density at radius 3 is 2.07 bits per heavy atom. The fourth-order valence-corrected chi connectivity index (χ4v) is 2.78. The Morgan fingerprint density at radius 2 is 1.59 bits per heavy atom. The summed E-state index contributed by atoms with van der Waals surface area (Å²) in [6.07, 6.45) is 0. The highest BCUT2D eigenvalue weighted by Gasteiger charge is 2.44. The second-order valence-electron chi connectivity index (χ2n) is 6.56. The number of anilines is 1. The number of amides is 4. The third-order valence-electron chi connectivity index (χ3n) is 4.16. The van der Waals surface area contributed by atoms with Crippen LogP contribution in [0, 0.1) is 5.92 Å². The van der Waals surface area contributed by atoms with E-state index in [4.69, 9.17) is 5.73 Å². The number of hydrogen-bond donors (Lipinski definition) is 1. The molecule has 11 heteroatoms. The highest BCUT2D eigenvalue weighted by atomic mass is 16.2. The number of Topliss-reactive ketones (excluding diaryl/α,β-unsaturated/α-hetero) is 1. The molecule has 1 aromatic heterocycles. The summed E-state index contributed by atoms with van der Waals surface area (Å²) in [7, 11) is 1.20. The van der Waals surface area contributed by atoms with E-state index in [0.29, 0.717) is 9.80 Å². The predicted molar refractivity (Wildman–Crippen MR) is 94.0 cm³/mol. The fourth-order valence-electron chi connectivity index (χ4n) is 2.78. The van der Waals surface area contributed by atoms with E-state index in [0.717, 1.165) is 9.13 Å². The van der Waals surface area contributed by atoms with Crippen LogP contribution in [-0.2, 0) is 23.2 Å². The van der Waals surface area contributed by atoms with E-state index in [2.05, 4.69) is 0 Å². The van der Waals surface area contributed by atoms with Crippen LogP contribution >= 0.6 is 0 Å². The zero-order valence-electron chi connectivity index (χ0n) is 15.5. The van der Waals surface area contributed by atoms with Gasteiger partial charge in [-0.2, -0.15) is 0 Å². The Bertz CT molecular complexity index is 957. The van der Waals surface area contributed by atoms with Crippen molar-refractivity contribution in [2.75, 3.05) is 18.8 Å². The molecule has 2 heterocycles. The van der Waals surface area contributed by atoms with E-state index in [-0.39, 0.29) is 24.8 Å². The van der Waals surface area contributed by atoms with Gasteiger partial charge in [-0.15, -0.1) is 0 Å². The standard InChI is InChI=1S/C16H21N5O6/c1-5-19-13(24)14(25)21(16(19)27)7-9(22)10-11(17)20(6-8(2)3)15(26)18(4)12(10)23/h8H,5-7,17H2,1-4H3. The second kappa shape index (κ2) is 7.17. The van der Waals surface area contributed by atoms with Crippen molar-refractivity contribution in [3.8, 4) is 0 Å². The number of likely N-dealkylation sites (N-methyl/N-ethyl adjacent to an activating group) is 1. The van der Waals surface area contributed by atoms with Crippen LogP contribution in [0.3, 0.4) is 0 Å². The fraction of sp³-hybridized carbons (Fsp3) is 0.500. The zero-order valence-corrected chi connectivity index (χ0v) is 15.5. The van der Waals surface area contributed by atoms with Crippen LogP contribution in [0.25, 0.3) is 0 Å². The molecular formula is C16H21N5O6. The van der Waals surface area contributed by atoms with Crippen molar-refractivity contribution in [3.05, 3.63) is 26.4 Å². The molecule has 27 heavy (non-hydrogen) atoms. The Balaban J connectivity index is 2.48. The molecule has 0 atom stereocenters. The molecule has 1 aliphatic rings. The van der Waals surface area contributed by atoms with Gasteiger partial charge in [0.1, 0.15) is 11.4 Å². The number of nitrogen functional groups attached to an aromatic ring is 1. The monoisotopic (exact) mass is 379 g/mol. The number of rotatable bonds is 6. The van der Waals surface area contributed by atoms with Crippen LogP contribution in [0.4, 0.5) is 10.6 Å². The SMILES string of the molecule is CCN1C(=O)C(=O)N(CC(=O)c2c(N)n(CC(C)C)c(=O)n(C)c2=O)C1=O. The van der Waals surface area contributed by atoms with Gasteiger partial charge < -0.3 is 5.73 Å². The Morgan fingerprint density at radius 1 is 1.04 bits per heavy atom. The van der Waals surface area contributed by atoms with E-state index < -0.39 is 47.0 Å². The van der Waals surface area contributed by atoms with Gasteiger partial charge >= 0.3 is 23.5 Å². The smallest absolute Gasteiger partial charge is 0.334 e. The van der Waals surface area contributed by atoms with Crippen molar-refractivity contribution in [1.82, 2.24) is 18.9 Å². The minimum atomic E-state index is -1.15. The molecular weight excluding hydrogens is 358 g/mol. The number of aromatic nitrogens is 2. The topological polar surface area (TPSA) is 145 Å². The molecule has 2 rings (SSSR count). The van der Waals surface area contributed by atoms with Crippen LogP contribution in [0.2, 0.25) is 0 Å². The summed E-state index contributed by atoms with van der Waals surface area (Å²) >= 11 is 0. The van der Waals surface area contributed by atoms with Crippen molar-refractivity contribution in [3.63, 3.8) is 0 Å². The van der Waals surface area contributed by atoms with Gasteiger partial charge in [0.2, 0.25) is 0 Å². The summed E-state index contributed by atoms with van der Waals surface area (Å²) in [5.74, 6) is -3.46. The normalized spacial score (nSPS) is 14.6. The lowest BCUT2D eigenvalue weighted by molar-refractivity contribution is -0.143. The van der Waals surface area contributed by atoms with E-state index in [1.165, 1.54) is 14.0 Å². The molecule has 0 aliphatic carbocycles. The van der Waals surface area contributed by atoms with Gasteiger partial charge in [-0.25, -0.2) is 14.5 Å². The molecule has 0 spiro atoms. The maximum atomic E-state index is 12.7. The van der Waals surface area contributed by atoms with Gasteiger partial charge in [0.25, 0.3) is 5.56 Å².